The second-order valence-electron chi connectivity index (χ2n) is 6.10. The number of hydrogen-bond acceptors (Lipinski definition) is 3. The summed E-state index contributed by atoms with van der Waals surface area (Å²) >= 11 is 0. The number of fused-ring (bicyclic) bond motifs is 1. The molecule has 0 spiro atoms. The van der Waals surface area contributed by atoms with Gasteiger partial charge in [0.1, 0.15) is 6.54 Å². The van der Waals surface area contributed by atoms with Crippen molar-refractivity contribution in [2.45, 2.75) is 26.1 Å². The van der Waals surface area contributed by atoms with Gasteiger partial charge in [-0.25, -0.2) is 0 Å². The first-order chi connectivity index (χ1) is 11.6. The molecule has 2 aromatic carbocycles. The van der Waals surface area contributed by atoms with E-state index in [1.165, 1.54) is 0 Å². The molecule has 0 bridgehead atoms. The third-order valence-electron chi connectivity index (χ3n) is 4.17. The van der Waals surface area contributed by atoms with Crippen molar-refractivity contribution in [3.8, 4) is 11.5 Å². The largest absolute Gasteiger partial charge is 0.454 e. The SMILES string of the molecule is C[C@H]([NH2+]Cc1ccc2c(c1)OCO2)C(=O)N(C)Cc1ccccc1. The first-order valence-electron chi connectivity index (χ1n) is 8.14. The highest BCUT2D eigenvalue weighted by atomic mass is 16.7. The van der Waals surface area contributed by atoms with Crippen LogP contribution in [0, 0.1) is 0 Å². The van der Waals surface area contributed by atoms with Crippen molar-refractivity contribution in [1.29, 1.82) is 0 Å². The van der Waals surface area contributed by atoms with Crippen LogP contribution < -0.4 is 14.8 Å². The summed E-state index contributed by atoms with van der Waals surface area (Å²) in [5.41, 5.74) is 2.25. The van der Waals surface area contributed by atoms with Gasteiger partial charge in [-0.3, -0.25) is 4.79 Å². The fourth-order valence-corrected chi connectivity index (χ4v) is 2.76. The van der Waals surface area contributed by atoms with Crippen molar-refractivity contribution in [2.75, 3.05) is 13.8 Å². The molecule has 5 nitrogen and oxygen atoms in total. The number of carbonyl (C=O) groups excluding carboxylic acids is 1. The van der Waals surface area contributed by atoms with Crippen LogP contribution in [0.3, 0.4) is 0 Å². The van der Waals surface area contributed by atoms with E-state index >= 15 is 0 Å². The lowest BCUT2D eigenvalue weighted by Gasteiger charge is -2.20. The van der Waals surface area contributed by atoms with Crippen LogP contribution >= 0.6 is 0 Å². The molecule has 1 atom stereocenters. The minimum Gasteiger partial charge on any atom is -0.454 e. The Morgan fingerprint density at radius 2 is 1.88 bits per heavy atom. The average Bonchev–Trinajstić information content (AvgIpc) is 3.07. The Morgan fingerprint density at radius 1 is 1.12 bits per heavy atom. The number of quaternary nitrogens is 1. The van der Waals surface area contributed by atoms with Crippen LogP contribution in [0.2, 0.25) is 0 Å². The minimum atomic E-state index is -0.135. The van der Waals surface area contributed by atoms with Gasteiger partial charge in [-0.15, -0.1) is 0 Å². The molecule has 5 heteroatoms. The van der Waals surface area contributed by atoms with E-state index in [9.17, 15) is 4.79 Å². The predicted octanol–water partition coefficient (Wildman–Crippen LogP) is 1.53. The highest BCUT2D eigenvalue weighted by molar-refractivity contribution is 5.79. The van der Waals surface area contributed by atoms with E-state index in [0.29, 0.717) is 6.54 Å². The molecule has 126 valence electrons. The average molecular weight is 327 g/mol. The second-order valence-corrected chi connectivity index (χ2v) is 6.10. The summed E-state index contributed by atoms with van der Waals surface area (Å²) in [5, 5.41) is 2.04. The Bertz CT molecular complexity index is 703. The molecule has 0 saturated heterocycles. The van der Waals surface area contributed by atoms with Crippen molar-refractivity contribution in [2.24, 2.45) is 0 Å². The Labute approximate surface area is 142 Å². The topological polar surface area (TPSA) is 55.4 Å². The van der Waals surface area contributed by atoms with Crippen molar-refractivity contribution in [3.63, 3.8) is 0 Å². The van der Waals surface area contributed by atoms with E-state index in [1.54, 1.807) is 4.90 Å². The smallest absolute Gasteiger partial charge is 0.280 e. The van der Waals surface area contributed by atoms with Gasteiger partial charge in [0.25, 0.3) is 5.91 Å². The number of hydrogen-bond donors (Lipinski definition) is 1. The quantitative estimate of drug-likeness (QED) is 0.875. The Balaban J connectivity index is 1.52. The van der Waals surface area contributed by atoms with Crippen molar-refractivity contribution < 1.29 is 19.6 Å². The number of carbonyl (C=O) groups is 1. The standard InChI is InChI=1S/C19H22N2O3/c1-14(19(22)21(2)12-15-6-4-3-5-7-15)20-11-16-8-9-17-18(10-16)24-13-23-17/h3-10,14,20H,11-13H2,1-2H3/p+1/t14-/m0/s1. The van der Waals surface area contributed by atoms with Gasteiger partial charge in [-0.05, 0) is 30.7 Å². The molecule has 3 rings (SSSR count). The molecule has 24 heavy (non-hydrogen) atoms. The molecule has 0 aliphatic carbocycles. The minimum absolute atomic E-state index is 0.125. The molecule has 1 heterocycles. The summed E-state index contributed by atoms with van der Waals surface area (Å²) < 4.78 is 10.7. The van der Waals surface area contributed by atoms with Crippen LogP contribution in [-0.2, 0) is 17.9 Å². The number of amides is 1. The molecule has 0 aromatic heterocycles. The Kier molecular flexibility index (Phi) is 5.01. The number of benzene rings is 2. The highest BCUT2D eigenvalue weighted by Gasteiger charge is 2.21. The molecule has 0 radical (unpaired) electrons. The fraction of sp³-hybridized carbons (Fsp3) is 0.316. The van der Waals surface area contributed by atoms with Crippen LogP contribution in [0.1, 0.15) is 18.1 Å². The van der Waals surface area contributed by atoms with Gasteiger partial charge in [0.05, 0.1) is 0 Å². The van der Waals surface area contributed by atoms with Gasteiger partial charge in [0.2, 0.25) is 6.79 Å². The van der Waals surface area contributed by atoms with Crippen LogP contribution in [0.15, 0.2) is 48.5 Å². The van der Waals surface area contributed by atoms with Gasteiger partial charge in [-0.1, -0.05) is 30.3 Å². The monoisotopic (exact) mass is 327 g/mol. The molecule has 0 saturated carbocycles. The van der Waals surface area contributed by atoms with Gasteiger partial charge < -0.3 is 19.7 Å². The van der Waals surface area contributed by atoms with E-state index in [-0.39, 0.29) is 18.7 Å². The van der Waals surface area contributed by atoms with Gasteiger partial charge >= 0.3 is 0 Å². The lowest BCUT2D eigenvalue weighted by molar-refractivity contribution is -0.689. The summed E-state index contributed by atoms with van der Waals surface area (Å²) in [6.45, 7) is 3.57. The van der Waals surface area contributed by atoms with E-state index < -0.39 is 0 Å². The summed E-state index contributed by atoms with van der Waals surface area (Å²) in [6, 6.07) is 15.8. The van der Waals surface area contributed by atoms with Crippen molar-refractivity contribution in [3.05, 3.63) is 59.7 Å². The highest BCUT2D eigenvalue weighted by Crippen LogP contribution is 2.32. The lowest BCUT2D eigenvalue weighted by Crippen LogP contribution is -2.90. The van der Waals surface area contributed by atoms with Crippen molar-refractivity contribution >= 4 is 5.91 Å². The fourth-order valence-electron chi connectivity index (χ4n) is 2.76. The Hall–Kier alpha value is -2.53. The maximum absolute atomic E-state index is 12.5. The summed E-state index contributed by atoms with van der Waals surface area (Å²) in [6.07, 6.45) is 0. The molecular weight excluding hydrogens is 304 g/mol. The molecule has 0 unspecified atom stereocenters. The van der Waals surface area contributed by atoms with Gasteiger partial charge in [0, 0.05) is 19.2 Å². The summed E-state index contributed by atoms with van der Waals surface area (Å²) in [4.78, 5) is 14.3. The van der Waals surface area contributed by atoms with Crippen LogP contribution in [0.4, 0.5) is 0 Å². The third kappa shape index (κ3) is 3.86. The van der Waals surface area contributed by atoms with E-state index in [2.05, 4.69) is 0 Å². The Morgan fingerprint density at radius 3 is 2.67 bits per heavy atom. The van der Waals surface area contributed by atoms with E-state index in [4.69, 9.17) is 9.47 Å². The maximum atomic E-state index is 12.5. The molecular formula is C19H23N2O3+. The third-order valence-corrected chi connectivity index (χ3v) is 4.17. The second kappa shape index (κ2) is 7.36. The van der Waals surface area contributed by atoms with Crippen LogP contribution in [0.25, 0.3) is 0 Å². The molecule has 0 fully saturated rings. The molecule has 1 aliphatic heterocycles. The number of nitrogens with zero attached hydrogens (tertiary/aromatic N) is 1. The maximum Gasteiger partial charge on any atom is 0.280 e. The van der Waals surface area contributed by atoms with Gasteiger partial charge in [0.15, 0.2) is 17.5 Å². The summed E-state index contributed by atoms with van der Waals surface area (Å²) in [5.74, 6) is 1.69. The van der Waals surface area contributed by atoms with E-state index in [0.717, 1.165) is 29.2 Å². The molecule has 2 aromatic rings. The number of nitrogens with two attached hydrogens (primary N) is 1. The zero-order valence-corrected chi connectivity index (χ0v) is 14.1. The normalized spacial score (nSPS) is 13.6. The zero-order valence-electron chi connectivity index (χ0n) is 14.1. The van der Waals surface area contributed by atoms with Crippen LogP contribution in [-0.4, -0.2) is 30.7 Å². The predicted molar refractivity (Wildman–Crippen MR) is 90.6 cm³/mol. The number of rotatable bonds is 6. The molecule has 2 N–H and O–H groups in total. The first-order valence-corrected chi connectivity index (χ1v) is 8.14. The zero-order chi connectivity index (χ0) is 16.9. The lowest BCUT2D eigenvalue weighted by atomic mass is 10.1. The number of ether oxygens (including phenoxy) is 2. The summed E-state index contributed by atoms with van der Waals surface area (Å²) in [7, 11) is 1.85. The number of likely N-dealkylation sites (N-methyl/N-ethyl adjacent to an activating group) is 1. The van der Waals surface area contributed by atoms with Crippen molar-refractivity contribution in [1.82, 2.24) is 4.90 Å². The van der Waals surface area contributed by atoms with Crippen LogP contribution in [0.5, 0.6) is 11.5 Å². The first kappa shape index (κ1) is 16.3. The van der Waals surface area contributed by atoms with E-state index in [1.807, 2.05) is 67.8 Å². The molecule has 1 amide bonds. The molecule has 1 aliphatic rings. The van der Waals surface area contributed by atoms with Gasteiger partial charge in [-0.2, -0.15) is 0 Å².